The maximum atomic E-state index is 12.8. The molecule has 1 N–H and O–H groups in total. The molecule has 1 amide bonds. The molecule has 192 valence electrons. The van der Waals surface area contributed by atoms with Crippen LogP contribution in [0.25, 0.3) is 0 Å². The van der Waals surface area contributed by atoms with Gasteiger partial charge in [0.05, 0.1) is 19.2 Å². The van der Waals surface area contributed by atoms with E-state index in [0.717, 1.165) is 57.7 Å². The van der Waals surface area contributed by atoms with Crippen LogP contribution in [0.3, 0.4) is 0 Å². The Morgan fingerprint density at radius 1 is 1.06 bits per heavy atom. The van der Waals surface area contributed by atoms with E-state index in [1.54, 1.807) is 12.9 Å². The molecule has 3 rings (SSSR count). The van der Waals surface area contributed by atoms with Gasteiger partial charge in [-0.25, -0.2) is 9.59 Å². The Kier molecular flexibility index (Phi) is 9.18. The fraction of sp³-hybridized carbons (Fsp3) is 0.615. The van der Waals surface area contributed by atoms with Gasteiger partial charge in [-0.2, -0.15) is 0 Å². The molecule has 0 aromatic heterocycles. The number of carbonyl (C=O) groups is 2. The standard InChI is InChI=1S/C26H38N4O5/c1-5-34-24(32)18-21(19-31)27-20-9-11-22(12-10-20)28-14-16-29(17-15-28)23-8-6-7-13-30(23)25(33)35-26(2,3)4/h9-12,23,27H,5-8,13-18H2,1-4H3. The predicted octanol–water partition coefficient (Wildman–Crippen LogP) is 3.64. The van der Waals surface area contributed by atoms with E-state index in [1.165, 1.54) is 0 Å². The van der Waals surface area contributed by atoms with E-state index < -0.39 is 11.6 Å². The molecule has 9 nitrogen and oxygen atoms in total. The number of anilines is 2. The summed E-state index contributed by atoms with van der Waals surface area (Å²) in [5, 5.41) is 2.95. The lowest BCUT2D eigenvalue weighted by molar-refractivity contribution is -0.142. The maximum Gasteiger partial charge on any atom is 0.411 e. The van der Waals surface area contributed by atoms with Crippen molar-refractivity contribution in [3.05, 3.63) is 30.0 Å². The van der Waals surface area contributed by atoms with Gasteiger partial charge in [-0.1, -0.05) is 0 Å². The van der Waals surface area contributed by atoms with E-state index in [0.29, 0.717) is 5.69 Å². The Morgan fingerprint density at radius 2 is 1.74 bits per heavy atom. The first-order valence-electron chi connectivity index (χ1n) is 12.5. The van der Waals surface area contributed by atoms with Crippen LogP contribution >= 0.6 is 0 Å². The van der Waals surface area contributed by atoms with Crippen molar-refractivity contribution in [2.45, 2.75) is 65.1 Å². The molecule has 0 saturated carbocycles. The van der Waals surface area contributed by atoms with E-state index in [4.69, 9.17) is 9.47 Å². The van der Waals surface area contributed by atoms with Crippen molar-refractivity contribution in [3.63, 3.8) is 0 Å². The van der Waals surface area contributed by atoms with Crippen LogP contribution in [0.4, 0.5) is 16.2 Å². The number of hydrogen-bond acceptors (Lipinski definition) is 8. The van der Waals surface area contributed by atoms with Crippen molar-refractivity contribution in [2.75, 3.05) is 49.5 Å². The minimum atomic E-state index is -0.500. The predicted molar refractivity (Wildman–Crippen MR) is 135 cm³/mol. The molecule has 2 saturated heterocycles. The summed E-state index contributed by atoms with van der Waals surface area (Å²) in [6, 6.07) is 7.77. The molecule has 35 heavy (non-hydrogen) atoms. The Morgan fingerprint density at radius 3 is 2.34 bits per heavy atom. The molecule has 9 heteroatoms. The highest BCUT2D eigenvalue weighted by Crippen LogP contribution is 2.26. The van der Waals surface area contributed by atoms with Crippen LogP contribution < -0.4 is 10.2 Å². The van der Waals surface area contributed by atoms with Gasteiger partial charge in [-0.05, 0) is 71.2 Å². The number of piperidine rings is 1. The summed E-state index contributed by atoms with van der Waals surface area (Å²) in [5.74, 6) is 1.32. The van der Waals surface area contributed by atoms with Gasteiger partial charge in [-0.3, -0.25) is 14.6 Å². The third-order valence-electron chi connectivity index (χ3n) is 6.11. The molecule has 1 unspecified atom stereocenters. The second-order valence-corrected chi connectivity index (χ2v) is 9.91. The van der Waals surface area contributed by atoms with Crippen molar-refractivity contribution < 1.29 is 23.9 Å². The Hall–Kier alpha value is -3.03. The number of benzene rings is 1. The number of nitrogens with one attached hydrogen (secondary N) is 1. The summed E-state index contributed by atoms with van der Waals surface area (Å²) >= 11 is 0. The third-order valence-corrected chi connectivity index (χ3v) is 6.11. The summed E-state index contributed by atoms with van der Waals surface area (Å²) in [7, 11) is 0. The maximum absolute atomic E-state index is 12.8. The molecular weight excluding hydrogens is 448 g/mol. The van der Waals surface area contributed by atoms with E-state index in [-0.39, 0.29) is 31.0 Å². The first-order chi connectivity index (χ1) is 16.7. The van der Waals surface area contributed by atoms with Gasteiger partial charge in [-0.15, -0.1) is 0 Å². The highest BCUT2D eigenvalue weighted by atomic mass is 16.6. The lowest BCUT2D eigenvalue weighted by atomic mass is 10.1. The number of nitrogens with zero attached hydrogens (tertiary/aromatic N) is 3. The van der Waals surface area contributed by atoms with Crippen molar-refractivity contribution >= 4 is 29.4 Å². The first kappa shape index (κ1) is 26.6. The average molecular weight is 487 g/mol. The van der Waals surface area contributed by atoms with Crippen LogP contribution in [0.5, 0.6) is 0 Å². The fourth-order valence-electron chi connectivity index (χ4n) is 4.50. The van der Waals surface area contributed by atoms with Crippen molar-refractivity contribution in [3.8, 4) is 0 Å². The quantitative estimate of drug-likeness (QED) is 0.461. The molecule has 2 aliphatic heterocycles. The Balaban J connectivity index is 1.55. The molecular formula is C26H38N4O5. The zero-order valence-corrected chi connectivity index (χ0v) is 21.3. The van der Waals surface area contributed by atoms with Crippen molar-refractivity contribution in [1.82, 2.24) is 9.80 Å². The van der Waals surface area contributed by atoms with E-state index in [1.807, 2.05) is 49.9 Å². The van der Waals surface area contributed by atoms with Gasteiger partial charge in [0.2, 0.25) is 0 Å². The van der Waals surface area contributed by atoms with E-state index in [2.05, 4.69) is 15.1 Å². The smallest absolute Gasteiger partial charge is 0.411 e. The van der Waals surface area contributed by atoms with Crippen LogP contribution in [-0.2, 0) is 19.1 Å². The summed E-state index contributed by atoms with van der Waals surface area (Å²) in [6.45, 7) is 11.9. The lowest BCUT2D eigenvalue weighted by Crippen LogP contribution is -2.59. The second-order valence-electron chi connectivity index (χ2n) is 9.91. The van der Waals surface area contributed by atoms with Gasteiger partial charge in [0.25, 0.3) is 0 Å². The van der Waals surface area contributed by atoms with E-state index >= 15 is 0 Å². The number of amides is 1. The highest BCUT2D eigenvalue weighted by Gasteiger charge is 2.35. The van der Waals surface area contributed by atoms with Gasteiger partial charge in [0.15, 0.2) is 0 Å². The van der Waals surface area contributed by atoms with Crippen LogP contribution in [0, 0.1) is 0 Å². The number of carbonyl (C=O) groups excluding carboxylic acids is 3. The first-order valence-corrected chi connectivity index (χ1v) is 12.5. The second kappa shape index (κ2) is 12.1. The molecule has 2 fully saturated rings. The SMILES string of the molecule is CCOC(=O)CC(=C=O)Nc1ccc(N2CCN(C3CCCCN3C(=O)OC(C)(C)C)CC2)cc1. The summed E-state index contributed by atoms with van der Waals surface area (Å²) in [5.41, 5.74) is 1.45. The largest absolute Gasteiger partial charge is 0.466 e. The van der Waals surface area contributed by atoms with Crippen molar-refractivity contribution in [1.29, 1.82) is 0 Å². The topological polar surface area (TPSA) is 91.4 Å². The molecule has 1 aromatic rings. The molecule has 2 heterocycles. The number of rotatable bonds is 7. The zero-order chi connectivity index (χ0) is 25.4. The summed E-state index contributed by atoms with van der Waals surface area (Å²) < 4.78 is 10.5. The molecule has 0 aliphatic carbocycles. The molecule has 1 aromatic carbocycles. The van der Waals surface area contributed by atoms with Gasteiger partial charge < -0.3 is 19.7 Å². The number of piperazine rings is 1. The Labute approximate surface area is 208 Å². The average Bonchev–Trinajstić information content (AvgIpc) is 2.83. The lowest BCUT2D eigenvalue weighted by Gasteiger charge is -2.46. The monoisotopic (exact) mass is 486 g/mol. The normalized spacial score (nSPS) is 19.0. The zero-order valence-electron chi connectivity index (χ0n) is 21.3. The van der Waals surface area contributed by atoms with Crippen molar-refractivity contribution in [2.24, 2.45) is 0 Å². The molecule has 1 atom stereocenters. The van der Waals surface area contributed by atoms with Gasteiger partial charge >= 0.3 is 12.1 Å². The highest BCUT2D eigenvalue weighted by molar-refractivity contribution is 5.78. The van der Waals surface area contributed by atoms with Gasteiger partial charge in [0, 0.05) is 44.1 Å². The van der Waals surface area contributed by atoms with Crippen LogP contribution in [0.2, 0.25) is 0 Å². The van der Waals surface area contributed by atoms with Gasteiger partial charge in [0.1, 0.15) is 17.2 Å². The van der Waals surface area contributed by atoms with Crippen LogP contribution in [0.1, 0.15) is 53.4 Å². The van der Waals surface area contributed by atoms with Crippen LogP contribution in [0.15, 0.2) is 30.0 Å². The summed E-state index contributed by atoms with van der Waals surface area (Å²) in [4.78, 5) is 42.2. The number of likely N-dealkylation sites (tertiary alicyclic amines) is 1. The van der Waals surface area contributed by atoms with E-state index in [9.17, 15) is 14.4 Å². The fourth-order valence-corrected chi connectivity index (χ4v) is 4.50. The number of ether oxygens (including phenoxy) is 2. The van der Waals surface area contributed by atoms with Crippen LogP contribution in [-0.4, -0.2) is 78.9 Å². The minimum Gasteiger partial charge on any atom is -0.466 e. The molecule has 2 aliphatic rings. The number of hydrogen-bond donors (Lipinski definition) is 1. The summed E-state index contributed by atoms with van der Waals surface area (Å²) in [6.07, 6.45) is 2.82. The Bertz CT molecular complexity index is 913. The molecule has 0 radical (unpaired) electrons. The third kappa shape index (κ3) is 7.73. The minimum absolute atomic E-state index is 0.0836. The number of esters is 1. The molecule has 0 spiro atoms. The molecule has 0 bridgehead atoms.